The molecule has 0 spiro atoms. The van der Waals surface area contributed by atoms with E-state index in [4.69, 9.17) is 19.1 Å². The Bertz CT molecular complexity index is 6770. The number of nitrogens with zero attached hydrogens (tertiary/aromatic N) is 16. The number of fused-ring (bicyclic) bond motifs is 4. The second kappa shape index (κ2) is 43.7. The summed E-state index contributed by atoms with van der Waals surface area (Å²) >= 11 is 0. The van der Waals surface area contributed by atoms with Gasteiger partial charge in [0, 0.05) is 213 Å². The molecule has 147 heavy (non-hydrogen) atoms. The number of benzene rings is 4. The molecule has 2 atom stereocenters. The van der Waals surface area contributed by atoms with Crippen molar-refractivity contribution in [2.75, 3.05) is 85.0 Å². The minimum absolute atomic E-state index is 0.00528. The number of nitro benzene ring substituents is 4. The molecule has 60 heteroatoms. The van der Waals surface area contributed by atoms with Crippen molar-refractivity contribution in [3.05, 3.63) is 182 Å². The zero-order valence-electron chi connectivity index (χ0n) is 76.1. The van der Waals surface area contributed by atoms with Gasteiger partial charge in [0.2, 0.25) is 23.6 Å². The van der Waals surface area contributed by atoms with Gasteiger partial charge in [-0.25, -0.2) is 19.2 Å². The minimum Gasteiger partial charge on any atom is -0.350 e. The van der Waals surface area contributed by atoms with Crippen LogP contribution in [0.4, 0.5) is 45.5 Å². The van der Waals surface area contributed by atoms with E-state index in [0.717, 1.165) is 102 Å². The van der Waals surface area contributed by atoms with Gasteiger partial charge in [0.25, 0.3) is 139 Å². The van der Waals surface area contributed by atoms with Gasteiger partial charge < -0.3 is 49.6 Å². The first kappa shape index (κ1) is 105. The number of hydrogen-bond donors (Lipinski definition) is 3. The van der Waals surface area contributed by atoms with Gasteiger partial charge in [-0.05, 0) is 72.2 Å². The maximum Gasteiger partial charge on any atom is 0.364 e. The number of imide groups is 8. The summed E-state index contributed by atoms with van der Waals surface area (Å²) in [7, 11) is -4.92. The summed E-state index contributed by atoms with van der Waals surface area (Å²) in [5.74, 6) is -19.9. The number of carbonyl (C=O) groups is 26. The molecule has 12 aliphatic heterocycles. The molecule has 0 bridgehead atoms. The molecule has 22 amide bonds. The van der Waals surface area contributed by atoms with E-state index >= 15 is 0 Å². The first-order valence-corrected chi connectivity index (χ1v) is 45.5. The monoisotopic (exact) mass is 2060 g/mol. The molecule has 2 unspecified atom stereocenters. The zero-order valence-corrected chi connectivity index (χ0v) is 76.9. The fourth-order valence-electron chi connectivity index (χ4n) is 16.5. The molecule has 3 N–H and O–H groups in total. The SMILES string of the molecule is CC1CC(=O)N(OC(=O)c2cc3c(c([N+](=O)[O-])c2)N(C(=O)CCN2C(=O)C=CC2=O)CC3)C1=O.O=C(CCC(=O)N1CCc2cc(C(=O)NCCN3C(=O)C=CC3=O)cc([N+](=O)[O-])c21)ON1C(=O)CC(S(=O)(=O)O)C1=O.O=C(CCC(=O)N1CCc2cc(C(=O)NCCN3C(=O)C=CC3=O)cc([N+](=O)[O-])c21)ON1C(=O)CCC1=O.O=C(ON1C(=O)CCC1=O)c1cc2c(c([N+](=O)[O-])c1)N(C(=O)CCN1C(=O)C=CC1=O)CC2. The summed E-state index contributed by atoms with van der Waals surface area (Å²) in [6.45, 7) is 1.01. The van der Waals surface area contributed by atoms with Crippen LogP contribution in [0.1, 0.15) is 148 Å². The number of hydrogen-bond acceptors (Lipinski definition) is 40. The Balaban J connectivity index is 0.000000164. The highest BCUT2D eigenvalue weighted by Crippen LogP contribution is 2.44. The molecule has 4 saturated heterocycles. The van der Waals surface area contributed by atoms with Crippen LogP contribution in [0.3, 0.4) is 0 Å². The summed E-state index contributed by atoms with van der Waals surface area (Å²) < 4.78 is 31.4. The van der Waals surface area contributed by atoms with Gasteiger partial charge in [-0.1, -0.05) is 6.92 Å². The third kappa shape index (κ3) is 23.2. The smallest absolute Gasteiger partial charge is 0.350 e. The average Bonchev–Trinajstić information content (AvgIpc) is 1.64. The van der Waals surface area contributed by atoms with E-state index in [1.165, 1.54) is 41.0 Å². The van der Waals surface area contributed by atoms with E-state index in [9.17, 15) is 174 Å². The average molecular weight is 2060 g/mol. The van der Waals surface area contributed by atoms with Crippen LogP contribution in [0.15, 0.2) is 97.1 Å². The van der Waals surface area contributed by atoms with E-state index in [0.29, 0.717) is 37.4 Å². The maximum atomic E-state index is 12.9. The van der Waals surface area contributed by atoms with Gasteiger partial charge in [-0.2, -0.15) is 8.42 Å². The molecule has 59 nitrogen and oxygen atoms in total. The Kier molecular flexibility index (Phi) is 31.4. The second-order valence-corrected chi connectivity index (χ2v) is 34.7. The van der Waals surface area contributed by atoms with E-state index in [-0.39, 0.29) is 186 Å². The van der Waals surface area contributed by atoms with E-state index < -0.39 is 250 Å². The molecule has 0 radical (unpaired) electrons. The second-order valence-electron chi connectivity index (χ2n) is 33.1. The predicted octanol–water partition coefficient (Wildman–Crippen LogP) is -1.80. The Morgan fingerprint density at radius 1 is 0.340 bits per heavy atom. The highest BCUT2D eigenvalue weighted by atomic mass is 32.2. The standard InChI is InChI=1S/C23H21N5O13S.C23H21N5O10.C21H18N4O9.C20H16N4O9/c29-16-1-2-17(30)25(16)8-6-24-22(34)13-9-12-5-7-26(21(12)14(10-13)28(36)37)18(31)3-4-20(33)41-27-19(32)11-15(23(27)35)42(38,39)40;29-16-1-2-17(30)25(16)10-8-24-23(35)14-11-13-7-9-26(22(13)15(12-14)28(36)37)18(31)5-6-21(34)38-27-19(32)3-4-20(27)33;1-11-8-18(29)24(20(11)30)34-21(31)13-9-12-4-6-23(19(12)14(10-13)25(32)33)17(28)5-7-22-15(26)2-3-16(22)27;25-14-1-2-15(26)21(14)8-6-16(27)22-7-5-11-9-12(10-13(19(11)22)24(31)32)20(30)33-23-17(28)3-4-18(23)29/h1-2,9-10,15H,3-8,11H2,(H,24,34)(H,38,39,40);1-2,11-12H,3-10H2,(H,24,35);2-3,9-11H,4-8H2,1H3;1-2,9-10H,3-8H2. The Hall–Kier alpha value is -18.8. The van der Waals surface area contributed by atoms with Gasteiger partial charge in [0.15, 0.2) is 5.25 Å². The van der Waals surface area contributed by atoms with Gasteiger partial charge in [-0.3, -0.25) is 170 Å². The molecule has 4 aromatic rings. The van der Waals surface area contributed by atoms with Gasteiger partial charge >= 0.3 is 23.9 Å². The molecule has 0 saturated carbocycles. The van der Waals surface area contributed by atoms with Crippen LogP contribution in [0.25, 0.3) is 0 Å². The number of amides is 22. The maximum absolute atomic E-state index is 12.9. The Labute approximate surface area is 821 Å². The van der Waals surface area contributed by atoms with Crippen LogP contribution >= 0.6 is 0 Å². The number of rotatable bonds is 31. The van der Waals surface area contributed by atoms with Crippen molar-refractivity contribution in [1.82, 2.24) is 50.5 Å². The summed E-state index contributed by atoms with van der Waals surface area (Å²) in [4.78, 5) is 384. The molecular weight excluding hydrogens is 1990 g/mol. The van der Waals surface area contributed by atoms with Gasteiger partial charge in [0.1, 0.15) is 22.7 Å². The Morgan fingerprint density at radius 2 is 0.605 bits per heavy atom. The molecule has 0 aromatic heterocycles. The van der Waals surface area contributed by atoms with Crippen LogP contribution in [0.2, 0.25) is 0 Å². The predicted molar refractivity (Wildman–Crippen MR) is 475 cm³/mol. The molecule has 16 rings (SSSR count). The van der Waals surface area contributed by atoms with Gasteiger partial charge in [0.05, 0.1) is 50.1 Å². The fraction of sp³-hybridized carbons (Fsp3) is 0.333. The van der Waals surface area contributed by atoms with Crippen LogP contribution in [-0.2, 0) is 161 Å². The lowest BCUT2D eigenvalue weighted by Gasteiger charge is -2.20. The largest absolute Gasteiger partial charge is 0.364 e. The molecule has 12 aliphatic rings. The normalized spacial score (nSPS) is 17.8. The Morgan fingerprint density at radius 3 is 0.898 bits per heavy atom. The number of nitro groups is 4. The number of nitrogens with one attached hydrogen (secondary N) is 2. The summed E-state index contributed by atoms with van der Waals surface area (Å²) in [6, 6.07) is 9.18. The lowest BCUT2D eigenvalue weighted by atomic mass is 10.1. The van der Waals surface area contributed by atoms with Crippen molar-refractivity contribution in [2.45, 2.75) is 115 Å². The van der Waals surface area contributed by atoms with Crippen LogP contribution < -0.4 is 30.2 Å². The molecular formula is C87H76N18O41S. The first-order chi connectivity index (χ1) is 69.5. The van der Waals surface area contributed by atoms with Crippen molar-refractivity contribution < 1.29 is 177 Å². The summed E-state index contributed by atoms with van der Waals surface area (Å²) in [5.41, 5.74) is -1.47. The van der Waals surface area contributed by atoms with E-state index in [1.54, 1.807) is 0 Å². The molecule has 4 fully saturated rings. The first-order valence-electron chi connectivity index (χ1n) is 44.0. The van der Waals surface area contributed by atoms with E-state index in [2.05, 4.69) is 15.5 Å². The highest BCUT2D eigenvalue weighted by Gasteiger charge is 2.50. The van der Waals surface area contributed by atoms with Crippen molar-refractivity contribution in [3.8, 4) is 0 Å². The van der Waals surface area contributed by atoms with Crippen molar-refractivity contribution in [2.24, 2.45) is 5.92 Å². The summed E-state index contributed by atoms with van der Waals surface area (Å²) in [5, 5.41) is 50.9. The van der Waals surface area contributed by atoms with E-state index in [1.807, 2.05) is 0 Å². The molecule has 0 aliphatic carbocycles. The van der Waals surface area contributed by atoms with Crippen LogP contribution in [0.5, 0.6) is 0 Å². The lowest BCUT2D eigenvalue weighted by Crippen LogP contribution is -2.38. The zero-order chi connectivity index (χ0) is 107. The van der Waals surface area contributed by atoms with Crippen LogP contribution in [-0.4, -0.2) is 297 Å². The number of carbonyl (C=O) groups excluding carboxylic acids is 26. The summed E-state index contributed by atoms with van der Waals surface area (Å²) in [6.07, 6.45) is 5.50. The quantitative estimate of drug-likeness (QED) is 0.0217. The van der Waals surface area contributed by atoms with Crippen molar-refractivity contribution in [1.29, 1.82) is 0 Å². The third-order valence-electron chi connectivity index (χ3n) is 23.7. The molecule has 766 valence electrons. The molecule has 12 heterocycles. The van der Waals surface area contributed by atoms with Crippen molar-refractivity contribution >= 4 is 209 Å². The number of anilines is 4. The fourth-order valence-corrected chi connectivity index (χ4v) is 17.2. The highest BCUT2D eigenvalue weighted by molar-refractivity contribution is 7.87. The number of hydroxylamine groups is 8. The third-order valence-corrected chi connectivity index (χ3v) is 24.8. The topological polar surface area (TPSA) is 771 Å². The lowest BCUT2D eigenvalue weighted by molar-refractivity contribution is -0.384. The van der Waals surface area contributed by atoms with Crippen LogP contribution in [0, 0.1) is 46.4 Å². The molecule has 4 aromatic carbocycles. The van der Waals surface area contributed by atoms with Crippen molar-refractivity contribution in [3.63, 3.8) is 0 Å². The van der Waals surface area contributed by atoms with Gasteiger partial charge in [-0.15, -0.1) is 20.3 Å². The minimum atomic E-state index is -4.92.